The second-order valence-corrected chi connectivity index (χ2v) is 9.27. The number of β-amino-alcohol motifs (C(OH)–C–C–N with tert-alkyl or cyclic N) is 1. The van der Waals surface area contributed by atoms with E-state index in [2.05, 4.69) is 43.3 Å². The molecule has 0 spiro atoms. The van der Waals surface area contributed by atoms with Crippen molar-refractivity contribution in [2.24, 2.45) is 0 Å². The summed E-state index contributed by atoms with van der Waals surface area (Å²) >= 11 is 1.60. The molecule has 2 N–H and O–H groups in total. The highest BCUT2D eigenvalue weighted by Crippen LogP contribution is 2.35. The number of nitrogens with zero attached hydrogens (tertiary/aromatic N) is 5. The van der Waals surface area contributed by atoms with Crippen LogP contribution < -0.4 is 15.0 Å². The number of aliphatic hydroxyl groups is 1. The Bertz CT molecular complexity index is 1290. The Morgan fingerprint density at radius 3 is 2.65 bits per heavy atom. The normalized spacial score (nSPS) is 14.5. The SMILES string of the molecule is COc1ccccc1-c1ccc2nc(Nc3cc(N4CCN(CCO)CC4)nc(C)n3)sc2c1. The number of benzene rings is 2. The van der Waals surface area contributed by atoms with E-state index in [1.807, 2.05) is 37.3 Å². The first-order valence-electron chi connectivity index (χ1n) is 11.4. The lowest BCUT2D eigenvalue weighted by Crippen LogP contribution is -2.47. The predicted molar refractivity (Wildman–Crippen MR) is 137 cm³/mol. The van der Waals surface area contributed by atoms with Crippen LogP contribution in [-0.4, -0.2) is 71.4 Å². The molecule has 1 aliphatic rings. The van der Waals surface area contributed by atoms with Crippen molar-refractivity contribution in [3.8, 4) is 16.9 Å². The molecule has 0 atom stereocenters. The number of anilines is 3. The minimum absolute atomic E-state index is 0.198. The summed E-state index contributed by atoms with van der Waals surface area (Å²) in [4.78, 5) is 18.5. The maximum atomic E-state index is 9.17. The Labute approximate surface area is 202 Å². The van der Waals surface area contributed by atoms with E-state index in [4.69, 9.17) is 14.8 Å². The van der Waals surface area contributed by atoms with Crippen LogP contribution in [-0.2, 0) is 0 Å². The Kier molecular flexibility index (Phi) is 6.57. The summed E-state index contributed by atoms with van der Waals surface area (Å²) in [7, 11) is 1.69. The van der Waals surface area contributed by atoms with E-state index >= 15 is 0 Å². The molecular formula is C25H28N6O2S. The molecule has 0 radical (unpaired) electrons. The lowest BCUT2D eigenvalue weighted by Gasteiger charge is -2.35. The minimum Gasteiger partial charge on any atom is -0.496 e. The third-order valence-electron chi connectivity index (χ3n) is 5.98. The van der Waals surface area contributed by atoms with Gasteiger partial charge < -0.3 is 20.1 Å². The molecule has 3 heterocycles. The molecule has 0 saturated carbocycles. The maximum absolute atomic E-state index is 9.17. The van der Waals surface area contributed by atoms with Gasteiger partial charge in [0, 0.05) is 44.4 Å². The van der Waals surface area contributed by atoms with Crippen LogP contribution in [0.15, 0.2) is 48.5 Å². The molecule has 1 saturated heterocycles. The highest BCUT2D eigenvalue weighted by atomic mass is 32.1. The number of piperazine rings is 1. The van der Waals surface area contributed by atoms with E-state index < -0.39 is 0 Å². The fourth-order valence-electron chi connectivity index (χ4n) is 4.26. The van der Waals surface area contributed by atoms with E-state index in [-0.39, 0.29) is 6.61 Å². The molecule has 8 nitrogen and oxygen atoms in total. The molecule has 176 valence electrons. The molecule has 4 aromatic rings. The van der Waals surface area contributed by atoms with E-state index in [1.54, 1.807) is 18.4 Å². The van der Waals surface area contributed by atoms with Gasteiger partial charge in [-0.3, -0.25) is 4.90 Å². The third kappa shape index (κ3) is 4.82. The van der Waals surface area contributed by atoms with Crippen molar-refractivity contribution in [2.75, 3.05) is 56.7 Å². The molecular weight excluding hydrogens is 448 g/mol. The number of nitrogens with one attached hydrogen (secondary N) is 1. The Balaban J connectivity index is 1.36. The zero-order valence-corrected chi connectivity index (χ0v) is 20.2. The second kappa shape index (κ2) is 9.92. The molecule has 0 bridgehead atoms. The van der Waals surface area contributed by atoms with Crippen molar-refractivity contribution in [2.45, 2.75) is 6.92 Å². The van der Waals surface area contributed by atoms with E-state index in [9.17, 15) is 0 Å². The van der Waals surface area contributed by atoms with Crippen molar-refractivity contribution in [1.82, 2.24) is 19.9 Å². The molecule has 0 unspecified atom stereocenters. The average Bonchev–Trinajstić information content (AvgIpc) is 3.25. The number of hydrogen-bond donors (Lipinski definition) is 2. The first-order valence-corrected chi connectivity index (χ1v) is 12.2. The average molecular weight is 477 g/mol. The van der Waals surface area contributed by atoms with Crippen LogP contribution in [0.2, 0.25) is 0 Å². The first kappa shape index (κ1) is 22.5. The lowest BCUT2D eigenvalue weighted by molar-refractivity contribution is 0.188. The van der Waals surface area contributed by atoms with Gasteiger partial charge in [-0.15, -0.1) is 0 Å². The number of aryl methyl sites for hydroxylation is 1. The van der Waals surface area contributed by atoms with Crippen LogP contribution in [0.5, 0.6) is 5.75 Å². The van der Waals surface area contributed by atoms with Crippen molar-refractivity contribution >= 4 is 38.3 Å². The molecule has 9 heteroatoms. The Hall–Kier alpha value is -3.27. The highest BCUT2D eigenvalue weighted by molar-refractivity contribution is 7.22. The molecule has 0 amide bonds. The number of hydrogen-bond acceptors (Lipinski definition) is 9. The standard InChI is InChI=1S/C25H28N6O2S/c1-17-26-23(16-24(27-17)31-11-9-30(10-12-31)13-14-32)29-25-28-20-8-7-18(15-22(20)34-25)19-5-3-4-6-21(19)33-2/h3-8,15-16,32H,9-14H2,1-2H3,(H,26,27,28,29). The summed E-state index contributed by atoms with van der Waals surface area (Å²) in [5, 5.41) is 13.4. The monoisotopic (exact) mass is 476 g/mol. The Morgan fingerprint density at radius 2 is 1.85 bits per heavy atom. The van der Waals surface area contributed by atoms with Gasteiger partial charge in [-0.25, -0.2) is 15.0 Å². The topological polar surface area (TPSA) is 86.6 Å². The van der Waals surface area contributed by atoms with Gasteiger partial charge in [-0.05, 0) is 30.7 Å². The van der Waals surface area contributed by atoms with Gasteiger partial charge in [0.1, 0.15) is 23.2 Å². The zero-order chi connectivity index (χ0) is 23.5. The van der Waals surface area contributed by atoms with Gasteiger partial charge >= 0.3 is 0 Å². The zero-order valence-electron chi connectivity index (χ0n) is 19.4. The molecule has 0 aliphatic carbocycles. The number of thiazole rings is 1. The summed E-state index contributed by atoms with van der Waals surface area (Å²) in [5.74, 6) is 3.23. The number of ether oxygens (including phenoxy) is 1. The maximum Gasteiger partial charge on any atom is 0.189 e. The van der Waals surface area contributed by atoms with Gasteiger partial charge in [0.2, 0.25) is 0 Å². The van der Waals surface area contributed by atoms with E-state index in [0.717, 1.165) is 82.4 Å². The molecule has 1 fully saturated rings. The van der Waals surface area contributed by atoms with Crippen molar-refractivity contribution in [3.05, 3.63) is 54.4 Å². The van der Waals surface area contributed by atoms with Gasteiger partial charge in [0.05, 0.1) is 23.9 Å². The van der Waals surface area contributed by atoms with Gasteiger partial charge in [0.25, 0.3) is 0 Å². The number of rotatable bonds is 7. The molecule has 2 aromatic heterocycles. The number of aromatic nitrogens is 3. The summed E-state index contributed by atoms with van der Waals surface area (Å²) in [6.07, 6.45) is 0. The largest absolute Gasteiger partial charge is 0.496 e. The van der Waals surface area contributed by atoms with Gasteiger partial charge in [0.15, 0.2) is 5.13 Å². The molecule has 34 heavy (non-hydrogen) atoms. The fourth-order valence-corrected chi connectivity index (χ4v) is 5.17. The van der Waals surface area contributed by atoms with Crippen molar-refractivity contribution < 1.29 is 9.84 Å². The fraction of sp³-hybridized carbons (Fsp3) is 0.320. The molecule has 1 aliphatic heterocycles. The van der Waals surface area contributed by atoms with Crippen LogP contribution in [0, 0.1) is 6.92 Å². The number of methoxy groups -OCH3 is 1. The van der Waals surface area contributed by atoms with Crippen molar-refractivity contribution in [1.29, 1.82) is 0 Å². The third-order valence-corrected chi connectivity index (χ3v) is 6.91. The summed E-state index contributed by atoms with van der Waals surface area (Å²) in [6.45, 7) is 6.42. The van der Waals surface area contributed by atoms with Crippen LogP contribution in [0.4, 0.5) is 16.8 Å². The van der Waals surface area contributed by atoms with Gasteiger partial charge in [-0.1, -0.05) is 35.6 Å². The van der Waals surface area contributed by atoms with Crippen LogP contribution in [0.3, 0.4) is 0 Å². The molecule has 2 aromatic carbocycles. The van der Waals surface area contributed by atoms with E-state index in [0.29, 0.717) is 0 Å². The number of para-hydroxylation sites is 1. The summed E-state index contributed by atoms with van der Waals surface area (Å²) in [6, 6.07) is 16.3. The van der Waals surface area contributed by atoms with Gasteiger partial charge in [-0.2, -0.15) is 0 Å². The number of fused-ring (bicyclic) bond motifs is 1. The summed E-state index contributed by atoms with van der Waals surface area (Å²) in [5.41, 5.74) is 3.10. The van der Waals surface area contributed by atoms with E-state index in [1.165, 1.54) is 0 Å². The molecule has 5 rings (SSSR count). The highest BCUT2D eigenvalue weighted by Gasteiger charge is 2.19. The minimum atomic E-state index is 0.198. The van der Waals surface area contributed by atoms with Crippen LogP contribution in [0.1, 0.15) is 5.82 Å². The lowest BCUT2D eigenvalue weighted by atomic mass is 10.0. The first-order chi connectivity index (χ1) is 16.6. The Morgan fingerprint density at radius 1 is 1.03 bits per heavy atom. The van der Waals surface area contributed by atoms with Crippen LogP contribution >= 0.6 is 11.3 Å². The summed E-state index contributed by atoms with van der Waals surface area (Å²) < 4.78 is 6.62. The van der Waals surface area contributed by atoms with Crippen LogP contribution in [0.25, 0.3) is 21.3 Å². The van der Waals surface area contributed by atoms with Crippen molar-refractivity contribution in [3.63, 3.8) is 0 Å². The number of aliphatic hydroxyl groups excluding tert-OH is 1. The predicted octanol–water partition coefficient (Wildman–Crippen LogP) is 3.93. The quantitative estimate of drug-likeness (QED) is 0.415. The smallest absolute Gasteiger partial charge is 0.189 e. The second-order valence-electron chi connectivity index (χ2n) is 8.24.